The van der Waals surface area contributed by atoms with E-state index in [-0.39, 0.29) is 0 Å². The third kappa shape index (κ3) is 2.54. The first-order valence-corrected chi connectivity index (χ1v) is 5.72. The number of carbonyl (C=O) groups is 1. The summed E-state index contributed by atoms with van der Waals surface area (Å²) >= 11 is 11.2. The van der Waals surface area contributed by atoms with E-state index in [4.69, 9.17) is 23.2 Å². The van der Waals surface area contributed by atoms with E-state index in [1.807, 2.05) is 12.1 Å². The minimum absolute atomic E-state index is 0.467. The Hall–Kier alpha value is -1.06. The van der Waals surface area contributed by atoms with Gasteiger partial charge in [-0.2, -0.15) is 0 Å². The van der Waals surface area contributed by atoms with Crippen LogP contribution in [0.15, 0.2) is 29.3 Å². The minimum atomic E-state index is -0.467. The van der Waals surface area contributed by atoms with Crippen molar-refractivity contribution in [2.75, 3.05) is 6.54 Å². The molecular weight excluding hydrogens is 247 g/mol. The fourth-order valence-electron chi connectivity index (χ4n) is 1.63. The van der Waals surface area contributed by atoms with Crippen molar-refractivity contribution >= 4 is 40.1 Å². The zero-order valence-corrected chi connectivity index (χ0v) is 10.0. The molecule has 1 heterocycles. The first kappa shape index (κ1) is 11.4. The van der Waals surface area contributed by atoms with Crippen LogP contribution >= 0.6 is 23.2 Å². The van der Waals surface area contributed by atoms with Crippen LogP contribution < -0.4 is 0 Å². The van der Waals surface area contributed by atoms with Crippen LogP contribution in [0, 0.1) is 0 Å². The Morgan fingerprint density at radius 1 is 1.31 bits per heavy atom. The van der Waals surface area contributed by atoms with Crippen molar-refractivity contribution in [3.8, 4) is 0 Å². The predicted molar refractivity (Wildman–Crippen MR) is 65.7 cm³/mol. The second-order valence-corrected chi connectivity index (χ2v) is 4.27. The molecule has 0 aromatic heterocycles. The summed E-state index contributed by atoms with van der Waals surface area (Å²) < 4.78 is 0. The lowest BCUT2D eigenvalue weighted by Gasteiger charge is -2.12. The van der Waals surface area contributed by atoms with Gasteiger partial charge in [0.05, 0.1) is 5.69 Å². The van der Waals surface area contributed by atoms with Gasteiger partial charge >= 0.3 is 5.37 Å². The smallest absolute Gasteiger partial charge is 0.287 e. The summed E-state index contributed by atoms with van der Waals surface area (Å²) in [6, 6.07) is 7.15. The van der Waals surface area contributed by atoms with E-state index in [2.05, 4.69) is 4.99 Å². The van der Waals surface area contributed by atoms with E-state index < -0.39 is 5.37 Å². The van der Waals surface area contributed by atoms with E-state index in [0.717, 1.165) is 24.4 Å². The number of nitrogens with zero attached hydrogens (tertiary/aromatic N) is 2. The van der Waals surface area contributed by atoms with Crippen molar-refractivity contribution in [3.63, 3.8) is 0 Å². The molecule has 16 heavy (non-hydrogen) atoms. The van der Waals surface area contributed by atoms with Crippen molar-refractivity contribution in [2.24, 2.45) is 4.99 Å². The van der Waals surface area contributed by atoms with E-state index in [9.17, 15) is 4.79 Å². The molecule has 1 saturated heterocycles. The standard InChI is InChI=1S/C11H10Cl2N2O/c12-8-3-5-9(6-4-8)14-10-2-1-7-15(10)11(13)16/h3-6H,1-2,7H2. The largest absolute Gasteiger partial charge is 0.321 e. The third-order valence-corrected chi connectivity index (χ3v) is 2.85. The van der Waals surface area contributed by atoms with Crippen LogP contribution in [0.2, 0.25) is 5.02 Å². The Labute approximate surface area is 104 Å². The van der Waals surface area contributed by atoms with Crippen LogP contribution in [0.1, 0.15) is 12.8 Å². The van der Waals surface area contributed by atoms with Crippen LogP contribution in [0.25, 0.3) is 0 Å². The molecule has 0 radical (unpaired) electrons. The number of carbonyl (C=O) groups excluding carboxylic acids is 1. The highest BCUT2D eigenvalue weighted by molar-refractivity contribution is 6.64. The predicted octanol–water partition coefficient (Wildman–Crippen LogP) is 3.82. The number of rotatable bonds is 1. The number of hydrogen-bond acceptors (Lipinski definition) is 2. The summed E-state index contributed by atoms with van der Waals surface area (Å²) in [6.45, 7) is 0.648. The number of amidine groups is 1. The van der Waals surface area contributed by atoms with Gasteiger partial charge in [0, 0.05) is 18.0 Å². The van der Waals surface area contributed by atoms with E-state index in [1.54, 1.807) is 12.1 Å². The lowest BCUT2D eigenvalue weighted by Crippen LogP contribution is -2.26. The molecule has 1 aliphatic heterocycles. The summed E-state index contributed by atoms with van der Waals surface area (Å²) in [5.74, 6) is 0.724. The molecule has 3 nitrogen and oxygen atoms in total. The van der Waals surface area contributed by atoms with Gasteiger partial charge in [-0.3, -0.25) is 9.69 Å². The molecule has 0 atom stereocenters. The van der Waals surface area contributed by atoms with Crippen molar-refractivity contribution in [2.45, 2.75) is 12.8 Å². The van der Waals surface area contributed by atoms with E-state index in [1.165, 1.54) is 4.90 Å². The molecule has 0 saturated carbocycles. The Morgan fingerprint density at radius 2 is 2.00 bits per heavy atom. The molecular formula is C11H10Cl2N2O. The average molecular weight is 257 g/mol. The lowest BCUT2D eigenvalue weighted by molar-refractivity contribution is 0.245. The summed E-state index contributed by atoms with van der Waals surface area (Å²) in [4.78, 5) is 17.0. The number of likely N-dealkylation sites (tertiary alicyclic amines) is 1. The van der Waals surface area contributed by atoms with E-state index >= 15 is 0 Å². The number of aliphatic imine (C=N–C) groups is 1. The van der Waals surface area contributed by atoms with Gasteiger partial charge < -0.3 is 0 Å². The molecule has 84 valence electrons. The topological polar surface area (TPSA) is 32.7 Å². The number of hydrogen-bond donors (Lipinski definition) is 0. The second-order valence-electron chi connectivity index (χ2n) is 3.51. The fraction of sp³-hybridized carbons (Fsp3) is 0.273. The highest BCUT2D eigenvalue weighted by atomic mass is 35.5. The van der Waals surface area contributed by atoms with Gasteiger partial charge in [0.2, 0.25) is 0 Å². The molecule has 1 fully saturated rings. The molecule has 5 heteroatoms. The lowest BCUT2D eigenvalue weighted by atomic mass is 10.3. The van der Waals surface area contributed by atoms with Gasteiger partial charge in [-0.1, -0.05) is 11.6 Å². The highest BCUT2D eigenvalue weighted by Crippen LogP contribution is 2.21. The first-order valence-electron chi connectivity index (χ1n) is 4.97. The average Bonchev–Trinajstić information content (AvgIpc) is 2.69. The molecule has 1 amide bonds. The number of halogens is 2. The summed E-state index contributed by atoms with van der Waals surface area (Å²) in [7, 11) is 0. The van der Waals surface area contributed by atoms with Crippen molar-refractivity contribution in [3.05, 3.63) is 29.3 Å². The maximum absolute atomic E-state index is 11.1. The zero-order chi connectivity index (χ0) is 11.5. The molecule has 1 aliphatic rings. The maximum Gasteiger partial charge on any atom is 0.321 e. The summed E-state index contributed by atoms with van der Waals surface area (Å²) in [5.41, 5.74) is 0.782. The molecule has 1 aromatic carbocycles. The molecule has 0 N–H and O–H groups in total. The van der Waals surface area contributed by atoms with Gasteiger partial charge in [-0.05, 0) is 42.3 Å². The van der Waals surface area contributed by atoms with Crippen molar-refractivity contribution in [1.82, 2.24) is 4.90 Å². The minimum Gasteiger partial charge on any atom is -0.287 e. The quantitative estimate of drug-likeness (QED) is 0.556. The third-order valence-electron chi connectivity index (χ3n) is 2.39. The maximum atomic E-state index is 11.1. The van der Waals surface area contributed by atoms with Gasteiger partial charge in [-0.15, -0.1) is 0 Å². The second kappa shape index (κ2) is 4.85. The van der Waals surface area contributed by atoms with Gasteiger partial charge in [-0.25, -0.2) is 4.99 Å². The van der Waals surface area contributed by atoms with Gasteiger partial charge in [0.1, 0.15) is 5.84 Å². The molecule has 0 bridgehead atoms. The van der Waals surface area contributed by atoms with Crippen LogP contribution in [0.4, 0.5) is 10.5 Å². The highest BCUT2D eigenvalue weighted by Gasteiger charge is 2.23. The molecule has 1 aromatic rings. The molecule has 0 aliphatic carbocycles. The molecule has 0 unspecified atom stereocenters. The zero-order valence-electron chi connectivity index (χ0n) is 8.49. The van der Waals surface area contributed by atoms with Crippen LogP contribution in [-0.4, -0.2) is 22.6 Å². The Kier molecular flexibility index (Phi) is 3.46. The number of benzene rings is 1. The Bertz CT molecular complexity index is 428. The van der Waals surface area contributed by atoms with Crippen LogP contribution in [0.5, 0.6) is 0 Å². The first-order chi connectivity index (χ1) is 7.66. The number of amides is 1. The van der Waals surface area contributed by atoms with Crippen LogP contribution in [0.3, 0.4) is 0 Å². The fourth-order valence-corrected chi connectivity index (χ4v) is 1.94. The van der Waals surface area contributed by atoms with Crippen LogP contribution in [-0.2, 0) is 0 Å². The van der Waals surface area contributed by atoms with E-state index in [0.29, 0.717) is 11.6 Å². The van der Waals surface area contributed by atoms with Crippen molar-refractivity contribution in [1.29, 1.82) is 0 Å². The molecule has 2 rings (SSSR count). The van der Waals surface area contributed by atoms with Gasteiger partial charge in [0.15, 0.2) is 0 Å². The SMILES string of the molecule is O=C(Cl)N1CCCC1=Nc1ccc(Cl)cc1. The van der Waals surface area contributed by atoms with Gasteiger partial charge in [0.25, 0.3) is 0 Å². The summed E-state index contributed by atoms with van der Waals surface area (Å²) in [6.07, 6.45) is 1.69. The molecule has 0 spiro atoms. The normalized spacial score (nSPS) is 18.1. The monoisotopic (exact) mass is 256 g/mol. The Balaban J connectivity index is 2.23. The summed E-state index contributed by atoms with van der Waals surface area (Å²) in [5, 5.41) is 0.200. The Morgan fingerprint density at radius 3 is 2.62 bits per heavy atom. The van der Waals surface area contributed by atoms with Crippen molar-refractivity contribution < 1.29 is 4.79 Å².